The van der Waals surface area contributed by atoms with Gasteiger partial charge >= 0.3 is 0 Å². The average molecular weight is 489 g/mol. The molecule has 0 unspecified atom stereocenters. The highest BCUT2D eigenvalue weighted by atomic mass is 28.3. The van der Waals surface area contributed by atoms with Gasteiger partial charge in [-0.3, -0.25) is 0 Å². The van der Waals surface area contributed by atoms with E-state index in [2.05, 4.69) is 70.1 Å². The van der Waals surface area contributed by atoms with Crippen LogP contribution in [0.4, 0.5) is 8.78 Å². The summed E-state index contributed by atoms with van der Waals surface area (Å²) in [5, 5.41) is 3.66. The molecular formula is C30H32F2NOSi+. The maximum Gasteiger partial charge on any atom is 0.217 e. The predicted octanol–water partition coefficient (Wildman–Crippen LogP) is 7.79. The topological polar surface area (TPSA) is 17.0 Å². The second-order valence-corrected chi connectivity index (χ2v) is 16.1. The Kier molecular flexibility index (Phi) is 5.40. The second-order valence-electron chi connectivity index (χ2n) is 11.1. The number of fused-ring (bicyclic) bond motifs is 4. The second kappa shape index (κ2) is 7.99. The Morgan fingerprint density at radius 3 is 2.26 bits per heavy atom. The summed E-state index contributed by atoms with van der Waals surface area (Å²) in [5.74, 6) is -0.217. The summed E-state index contributed by atoms with van der Waals surface area (Å²) in [4.78, 5) is 0. The van der Waals surface area contributed by atoms with E-state index in [0.29, 0.717) is 5.58 Å². The third-order valence-electron chi connectivity index (χ3n) is 7.34. The van der Waals surface area contributed by atoms with Gasteiger partial charge in [0.2, 0.25) is 11.2 Å². The van der Waals surface area contributed by atoms with E-state index in [9.17, 15) is 4.39 Å². The molecule has 0 aliphatic heterocycles. The number of aromatic nitrogens is 1. The molecule has 0 aliphatic rings. The van der Waals surface area contributed by atoms with Crippen molar-refractivity contribution in [2.45, 2.75) is 53.3 Å². The van der Waals surface area contributed by atoms with Crippen LogP contribution in [0.1, 0.15) is 36.5 Å². The standard InChI is InChI=1S/C30H32F2NOSi/c1-16(2)21-14-26(33(5)25-15-28(35(6,7)8)24(32)13-22(21)25)29-18(4)17(3)11-23-20-10-9-19(31)12-27(20)34-30(23)29/h9-16H,1-8H3/q+1. The number of rotatable bonds is 3. The molecule has 2 aromatic heterocycles. The van der Waals surface area contributed by atoms with Crippen molar-refractivity contribution >= 4 is 46.1 Å². The van der Waals surface area contributed by atoms with E-state index in [-0.39, 0.29) is 17.6 Å². The van der Waals surface area contributed by atoms with E-state index in [1.807, 2.05) is 7.05 Å². The van der Waals surface area contributed by atoms with Gasteiger partial charge in [-0.25, -0.2) is 8.78 Å². The number of nitrogens with zero attached hydrogens (tertiary/aromatic N) is 1. The van der Waals surface area contributed by atoms with E-state index in [4.69, 9.17) is 4.42 Å². The lowest BCUT2D eigenvalue weighted by molar-refractivity contribution is -0.633. The van der Waals surface area contributed by atoms with Crippen molar-refractivity contribution in [1.29, 1.82) is 0 Å². The van der Waals surface area contributed by atoms with Crippen molar-refractivity contribution in [3.63, 3.8) is 0 Å². The van der Waals surface area contributed by atoms with Crippen LogP contribution in [0, 0.1) is 25.5 Å². The molecule has 0 N–H and O–H groups in total. The van der Waals surface area contributed by atoms with Crippen LogP contribution in [0.25, 0.3) is 44.1 Å². The van der Waals surface area contributed by atoms with Gasteiger partial charge in [0.1, 0.15) is 29.8 Å². The van der Waals surface area contributed by atoms with Crippen LogP contribution in [-0.4, -0.2) is 8.07 Å². The van der Waals surface area contributed by atoms with Crippen LogP contribution in [-0.2, 0) is 7.05 Å². The van der Waals surface area contributed by atoms with E-state index >= 15 is 4.39 Å². The van der Waals surface area contributed by atoms with Gasteiger partial charge in [-0.05, 0) is 65.9 Å². The zero-order valence-corrected chi connectivity index (χ0v) is 22.7. The number of halogens is 2. The van der Waals surface area contributed by atoms with Crippen LogP contribution in [0.5, 0.6) is 0 Å². The summed E-state index contributed by atoms with van der Waals surface area (Å²) < 4.78 is 37.8. The fourth-order valence-electron chi connectivity index (χ4n) is 5.23. The Morgan fingerprint density at radius 2 is 1.60 bits per heavy atom. The third-order valence-corrected chi connectivity index (χ3v) is 9.34. The first kappa shape index (κ1) is 23.7. The largest absolute Gasteiger partial charge is 0.455 e. The number of hydrogen-bond acceptors (Lipinski definition) is 1. The number of aryl methyl sites for hydroxylation is 2. The minimum atomic E-state index is -1.89. The van der Waals surface area contributed by atoms with Crippen molar-refractivity contribution in [2.24, 2.45) is 7.05 Å². The summed E-state index contributed by atoms with van der Waals surface area (Å²) in [5.41, 5.74) is 7.70. The highest BCUT2D eigenvalue weighted by Gasteiger charge is 2.29. The number of pyridine rings is 1. The fourth-order valence-corrected chi connectivity index (χ4v) is 6.59. The van der Waals surface area contributed by atoms with Crippen molar-refractivity contribution in [2.75, 3.05) is 0 Å². The number of benzene rings is 3. The van der Waals surface area contributed by atoms with Crippen molar-refractivity contribution in [1.82, 2.24) is 0 Å². The molecule has 0 atom stereocenters. The van der Waals surface area contributed by atoms with Crippen molar-refractivity contribution in [3.8, 4) is 11.3 Å². The van der Waals surface area contributed by atoms with Crippen LogP contribution >= 0.6 is 0 Å². The summed E-state index contributed by atoms with van der Waals surface area (Å²) in [6.45, 7) is 15.0. The van der Waals surface area contributed by atoms with Crippen LogP contribution in [0.3, 0.4) is 0 Å². The van der Waals surface area contributed by atoms with Crippen LogP contribution in [0.2, 0.25) is 19.6 Å². The molecule has 5 rings (SSSR count). The predicted molar refractivity (Wildman–Crippen MR) is 144 cm³/mol. The molecule has 0 saturated heterocycles. The van der Waals surface area contributed by atoms with Gasteiger partial charge in [0.05, 0.1) is 19.0 Å². The summed E-state index contributed by atoms with van der Waals surface area (Å²) >= 11 is 0. The van der Waals surface area contributed by atoms with E-state index in [0.717, 1.165) is 60.4 Å². The molecule has 5 heteroatoms. The first-order valence-corrected chi connectivity index (χ1v) is 15.7. The molecule has 0 fully saturated rings. The van der Waals surface area contributed by atoms with Crippen LogP contribution in [0.15, 0.2) is 46.9 Å². The van der Waals surface area contributed by atoms with Crippen molar-refractivity contribution < 1.29 is 17.8 Å². The van der Waals surface area contributed by atoms with Gasteiger partial charge in [0.15, 0.2) is 0 Å². The minimum absolute atomic E-state index is 0.111. The number of furan rings is 1. The van der Waals surface area contributed by atoms with E-state index in [1.54, 1.807) is 12.1 Å². The highest BCUT2D eigenvalue weighted by molar-refractivity contribution is 6.88. The lowest BCUT2D eigenvalue weighted by atomic mass is 9.92. The smallest absolute Gasteiger partial charge is 0.217 e. The first-order valence-electron chi connectivity index (χ1n) is 12.2. The summed E-state index contributed by atoms with van der Waals surface area (Å²) in [6, 6.07) is 12.8. The summed E-state index contributed by atoms with van der Waals surface area (Å²) in [7, 11) is 0.152. The minimum Gasteiger partial charge on any atom is -0.455 e. The molecule has 180 valence electrons. The molecular weight excluding hydrogens is 456 g/mol. The van der Waals surface area contributed by atoms with Gasteiger partial charge < -0.3 is 4.42 Å². The van der Waals surface area contributed by atoms with Gasteiger partial charge in [0, 0.05) is 29.0 Å². The highest BCUT2D eigenvalue weighted by Crippen LogP contribution is 2.40. The molecule has 0 aliphatic carbocycles. The molecule has 0 amide bonds. The Labute approximate surface area is 206 Å². The molecule has 35 heavy (non-hydrogen) atoms. The summed E-state index contributed by atoms with van der Waals surface area (Å²) in [6.07, 6.45) is 0. The molecule has 3 aromatic carbocycles. The molecule has 5 aromatic rings. The molecule has 0 bridgehead atoms. The van der Waals surface area contributed by atoms with Crippen molar-refractivity contribution in [3.05, 3.63) is 70.8 Å². The number of hydrogen-bond donors (Lipinski definition) is 0. The Balaban J connectivity index is 1.95. The Hall–Kier alpha value is -3.05. The molecule has 2 nitrogen and oxygen atoms in total. The van der Waals surface area contributed by atoms with Gasteiger partial charge in [-0.15, -0.1) is 0 Å². The lowest BCUT2D eigenvalue weighted by Crippen LogP contribution is -2.42. The Morgan fingerprint density at radius 1 is 0.886 bits per heavy atom. The third kappa shape index (κ3) is 3.68. The SMILES string of the molecule is Cc1cc2c(oc3cc(F)ccc32)c(-c2cc(C(C)C)c3cc(F)c([Si](C)(C)C)cc3[n+]2C)c1C. The first-order chi connectivity index (χ1) is 16.4. The molecule has 2 heterocycles. The van der Waals surface area contributed by atoms with E-state index < -0.39 is 8.07 Å². The molecule has 0 saturated carbocycles. The lowest BCUT2D eigenvalue weighted by Gasteiger charge is -2.20. The van der Waals surface area contributed by atoms with E-state index in [1.165, 1.54) is 12.1 Å². The zero-order chi connectivity index (χ0) is 25.4. The van der Waals surface area contributed by atoms with Gasteiger partial charge in [-0.1, -0.05) is 33.5 Å². The maximum atomic E-state index is 15.3. The quantitative estimate of drug-likeness (QED) is 0.187. The van der Waals surface area contributed by atoms with Gasteiger partial charge in [0.25, 0.3) is 0 Å². The Bertz CT molecular complexity index is 1660. The average Bonchev–Trinajstić information content (AvgIpc) is 3.11. The maximum absolute atomic E-state index is 15.3. The van der Waals surface area contributed by atoms with Crippen LogP contribution < -0.4 is 9.75 Å². The molecule has 0 radical (unpaired) electrons. The zero-order valence-electron chi connectivity index (χ0n) is 21.7. The molecule has 0 spiro atoms. The van der Waals surface area contributed by atoms with Gasteiger partial charge in [-0.2, -0.15) is 4.57 Å². The normalized spacial score (nSPS) is 12.5. The fraction of sp³-hybridized carbons (Fsp3) is 0.300. The monoisotopic (exact) mass is 488 g/mol.